The zero-order valence-electron chi connectivity index (χ0n) is 12.2. The summed E-state index contributed by atoms with van der Waals surface area (Å²) in [6, 6.07) is 0.517. The highest BCUT2D eigenvalue weighted by Crippen LogP contribution is 2.25. The third-order valence-corrected chi connectivity index (χ3v) is 3.88. The lowest BCUT2D eigenvalue weighted by atomic mass is 10.2. The monoisotopic (exact) mass is 275 g/mol. The van der Waals surface area contributed by atoms with Gasteiger partial charge in [0.05, 0.1) is 11.6 Å². The third-order valence-electron chi connectivity index (χ3n) is 3.88. The molecule has 2 aromatic heterocycles. The molecule has 1 unspecified atom stereocenters. The van der Waals surface area contributed by atoms with Gasteiger partial charge in [-0.1, -0.05) is 0 Å². The lowest BCUT2D eigenvalue weighted by Gasteiger charge is -2.38. The Labute approximate surface area is 118 Å². The summed E-state index contributed by atoms with van der Waals surface area (Å²) in [4.78, 5) is 13.8. The van der Waals surface area contributed by atoms with Crippen LogP contribution in [0, 0.1) is 0 Å². The molecule has 0 saturated carbocycles. The van der Waals surface area contributed by atoms with Gasteiger partial charge in [0.1, 0.15) is 5.82 Å². The van der Waals surface area contributed by atoms with Gasteiger partial charge >= 0.3 is 0 Å². The number of likely N-dealkylation sites (N-methyl/N-ethyl adjacent to an activating group) is 1. The van der Waals surface area contributed by atoms with Crippen LogP contribution in [0.4, 0.5) is 11.8 Å². The van der Waals surface area contributed by atoms with Gasteiger partial charge < -0.3 is 15.1 Å². The predicted molar refractivity (Wildman–Crippen MR) is 80.2 cm³/mol. The van der Waals surface area contributed by atoms with Crippen molar-refractivity contribution < 1.29 is 0 Å². The van der Waals surface area contributed by atoms with Crippen molar-refractivity contribution in [1.29, 1.82) is 0 Å². The second-order valence-corrected chi connectivity index (χ2v) is 5.31. The van der Waals surface area contributed by atoms with E-state index in [1.807, 2.05) is 13.1 Å². The predicted octanol–water partition coefficient (Wildman–Crippen LogP) is 0.925. The van der Waals surface area contributed by atoms with Gasteiger partial charge in [0, 0.05) is 32.2 Å². The van der Waals surface area contributed by atoms with E-state index in [9.17, 15) is 0 Å². The fourth-order valence-corrected chi connectivity index (χ4v) is 2.54. The van der Waals surface area contributed by atoms with Crippen molar-refractivity contribution in [2.45, 2.75) is 19.9 Å². The summed E-state index contributed by atoms with van der Waals surface area (Å²) < 4.78 is 0. The van der Waals surface area contributed by atoms with E-state index in [-0.39, 0.29) is 0 Å². The van der Waals surface area contributed by atoms with E-state index >= 15 is 0 Å². The lowest BCUT2D eigenvalue weighted by Crippen LogP contribution is -2.50. The summed E-state index contributed by atoms with van der Waals surface area (Å²) in [5.41, 5.74) is 0.789. The van der Waals surface area contributed by atoms with Crippen LogP contribution in [0.3, 0.4) is 0 Å². The molecule has 1 saturated heterocycles. The Kier molecular flexibility index (Phi) is 3.43. The van der Waals surface area contributed by atoms with Gasteiger partial charge in [0.2, 0.25) is 5.95 Å². The molecule has 7 nitrogen and oxygen atoms in total. The van der Waals surface area contributed by atoms with E-state index in [0.29, 0.717) is 12.0 Å². The number of H-pyrrole nitrogens is 1. The molecule has 0 aromatic carbocycles. The Morgan fingerprint density at radius 1 is 1.40 bits per heavy atom. The van der Waals surface area contributed by atoms with E-state index in [0.717, 1.165) is 43.0 Å². The Morgan fingerprint density at radius 3 is 3.00 bits per heavy atom. The van der Waals surface area contributed by atoms with Crippen LogP contribution in [0.1, 0.15) is 13.8 Å². The second-order valence-electron chi connectivity index (χ2n) is 5.31. The van der Waals surface area contributed by atoms with Crippen LogP contribution in [0.25, 0.3) is 11.0 Å². The van der Waals surface area contributed by atoms with Crippen LogP contribution < -0.4 is 10.2 Å². The Balaban J connectivity index is 1.98. The number of nitrogens with one attached hydrogen (secondary N) is 2. The topological polar surface area (TPSA) is 73.0 Å². The molecular weight excluding hydrogens is 254 g/mol. The summed E-state index contributed by atoms with van der Waals surface area (Å²) >= 11 is 0. The molecule has 0 aliphatic carbocycles. The van der Waals surface area contributed by atoms with Crippen molar-refractivity contribution in [3.8, 4) is 0 Å². The number of hydrogen-bond acceptors (Lipinski definition) is 6. The average Bonchev–Trinajstić information content (AvgIpc) is 2.89. The van der Waals surface area contributed by atoms with E-state index < -0.39 is 0 Å². The van der Waals surface area contributed by atoms with Crippen LogP contribution in [-0.2, 0) is 0 Å². The normalized spacial score (nSPS) is 20.6. The average molecular weight is 275 g/mol. The Bertz CT molecular complexity index is 593. The van der Waals surface area contributed by atoms with Crippen LogP contribution in [0.2, 0.25) is 0 Å². The third kappa shape index (κ3) is 2.29. The Morgan fingerprint density at radius 2 is 2.25 bits per heavy atom. The van der Waals surface area contributed by atoms with Crippen LogP contribution in [0.15, 0.2) is 6.20 Å². The minimum atomic E-state index is 0.517. The largest absolute Gasteiger partial charge is 0.354 e. The van der Waals surface area contributed by atoms with Gasteiger partial charge in [0.25, 0.3) is 0 Å². The number of fused-ring (bicyclic) bond motifs is 1. The van der Waals surface area contributed by atoms with Gasteiger partial charge in [-0.2, -0.15) is 15.1 Å². The van der Waals surface area contributed by atoms with Crippen LogP contribution in [-0.4, -0.2) is 64.3 Å². The summed E-state index contributed by atoms with van der Waals surface area (Å²) in [5.74, 6) is 1.63. The molecule has 1 atom stereocenters. The molecule has 2 N–H and O–H groups in total. The molecule has 1 fully saturated rings. The quantitative estimate of drug-likeness (QED) is 0.868. The zero-order valence-corrected chi connectivity index (χ0v) is 12.2. The smallest absolute Gasteiger partial charge is 0.226 e. The number of rotatable bonds is 3. The molecule has 108 valence electrons. The van der Waals surface area contributed by atoms with E-state index in [1.54, 1.807) is 0 Å². The maximum absolute atomic E-state index is 4.67. The number of hydrogen-bond donors (Lipinski definition) is 2. The molecule has 0 amide bonds. The molecule has 1 aliphatic heterocycles. The van der Waals surface area contributed by atoms with Gasteiger partial charge in [-0.25, -0.2) is 0 Å². The van der Waals surface area contributed by atoms with E-state index in [1.165, 1.54) is 0 Å². The summed E-state index contributed by atoms with van der Waals surface area (Å²) in [6.07, 6.45) is 1.81. The summed E-state index contributed by atoms with van der Waals surface area (Å²) in [7, 11) is 2.17. The molecule has 3 heterocycles. The van der Waals surface area contributed by atoms with E-state index in [4.69, 9.17) is 0 Å². The second kappa shape index (κ2) is 5.24. The lowest BCUT2D eigenvalue weighted by molar-refractivity contribution is 0.233. The molecule has 1 aliphatic rings. The standard InChI is InChI=1S/C13H21N7/c1-4-14-13-16-11-10(7-15-18-11)12(17-13)20-6-5-19(3)9(2)8-20/h7,9H,4-6,8H2,1-3H3,(H2,14,15,16,17,18). The molecule has 0 radical (unpaired) electrons. The van der Waals surface area contributed by atoms with Crippen LogP contribution >= 0.6 is 0 Å². The first-order valence-corrected chi connectivity index (χ1v) is 7.09. The van der Waals surface area contributed by atoms with Crippen molar-refractivity contribution in [3.05, 3.63) is 6.20 Å². The number of aromatic nitrogens is 4. The summed E-state index contributed by atoms with van der Waals surface area (Å²) in [5, 5.41) is 11.2. The van der Waals surface area contributed by atoms with Crippen molar-refractivity contribution >= 4 is 22.8 Å². The maximum atomic E-state index is 4.67. The van der Waals surface area contributed by atoms with Crippen molar-refractivity contribution in [1.82, 2.24) is 25.1 Å². The van der Waals surface area contributed by atoms with Crippen molar-refractivity contribution in [3.63, 3.8) is 0 Å². The molecule has 0 bridgehead atoms. The first-order chi connectivity index (χ1) is 9.69. The van der Waals surface area contributed by atoms with Crippen molar-refractivity contribution in [2.24, 2.45) is 0 Å². The fourth-order valence-electron chi connectivity index (χ4n) is 2.54. The van der Waals surface area contributed by atoms with E-state index in [2.05, 4.69) is 49.3 Å². The minimum Gasteiger partial charge on any atom is -0.354 e. The highest BCUT2D eigenvalue weighted by Gasteiger charge is 2.24. The fraction of sp³-hybridized carbons (Fsp3) is 0.615. The first-order valence-electron chi connectivity index (χ1n) is 7.09. The van der Waals surface area contributed by atoms with Gasteiger partial charge in [-0.3, -0.25) is 5.10 Å². The highest BCUT2D eigenvalue weighted by atomic mass is 15.3. The minimum absolute atomic E-state index is 0.517. The summed E-state index contributed by atoms with van der Waals surface area (Å²) in [6.45, 7) is 8.07. The molecule has 2 aromatic rings. The molecule has 0 spiro atoms. The van der Waals surface area contributed by atoms with Gasteiger partial charge in [0.15, 0.2) is 5.65 Å². The molecule has 7 heteroatoms. The number of anilines is 2. The zero-order chi connectivity index (χ0) is 14.1. The molecular formula is C13H21N7. The van der Waals surface area contributed by atoms with Crippen molar-refractivity contribution in [2.75, 3.05) is 43.4 Å². The molecule has 3 rings (SSSR count). The maximum Gasteiger partial charge on any atom is 0.226 e. The molecule has 20 heavy (non-hydrogen) atoms. The van der Waals surface area contributed by atoms with Crippen LogP contribution in [0.5, 0.6) is 0 Å². The SMILES string of the molecule is CCNc1nc(N2CCN(C)C(C)C2)c2cn[nH]c2n1. The Hall–Kier alpha value is -1.89. The first kappa shape index (κ1) is 13.1. The number of nitrogens with zero attached hydrogens (tertiary/aromatic N) is 5. The van der Waals surface area contributed by atoms with Gasteiger partial charge in [-0.05, 0) is 20.9 Å². The van der Waals surface area contributed by atoms with Gasteiger partial charge in [-0.15, -0.1) is 0 Å². The number of aromatic amines is 1. The highest BCUT2D eigenvalue weighted by molar-refractivity contribution is 5.87. The number of piperazine rings is 1.